The minimum atomic E-state index is -1.09. The summed E-state index contributed by atoms with van der Waals surface area (Å²) in [5.74, 6) is -0.316. The molecule has 1 aromatic rings. The molecule has 0 fully saturated rings. The van der Waals surface area contributed by atoms with E-state index in [-0.39, 0.29) is 12.2 Å². The lowest BCUT2D eigenvalue weighted by molar-refractivity contribution is -0.503. The Hall–Kier alpha value is -1.71. The van der Waals surface area contributed by atoms with Gasteiger partial charge in [0.2, 0.25) is 5.78 Å². The molecule has 0 aliphatic heterocycles. The van der Waals surface area contributed by atoms with Gasteiger partial charge in [-0.15, -0.1) is 0 Å². The van der Waals surface area contributed by atoms with E-state index in [9.17, 15) is 14.9 Å². The van der Waals surface area contributed by atoms with Gasteiger partial charge in [-0.2, -0.15) is 0 Å². The monoisotopic (exact) mass is 207 g/mol. The van der Waals surface area contributed by atoms with Crippen LogP contribution in [0.15, 0.2) is 30.3 Å². The fourth-order valence-electron chi connectivity index (χ4n) is 1.24. The van der Waals surface area contributed by atoms with Gasteiger partial charge in [0, 0.05) is 18.3 Å². The molecule has 4 heteroatoms. The first-order chi connectivity index (χ1) is 7.11. The van der Waals surface area contributed by atoms with E-state index < -0.39 is 11.0 Å². The van der Waals surface area contributed by atoms with Crippen molar-refractivity contribution in [1.29, 1.82) is 0 Å². The lowest BCUT2D eigenvalue weighted by Crippen LogP contribution is -2.26. The molecule has 0 saturated heterocycles. The number of carbonyl (C=O) groups is 1. The van der Waals surface area contributed by atoms with Crippen LogP contribution in [0.4, 0.5) is 0 Å². The van der Waals surface area contributed by atoms with Crippen molar-refractivity contribution in [2.75, 3.05) is 0 Å². The number of rotatable bonds is 5. The van der Waals surface area contributed by atoms with Gasteiger partial charge in [-0.3, -0.25) is 14.9 Å². The molecule has 1 atom stereocenters. The Balaban J connectivity index is 2.44. The van der Waals surface area contributed by atoms with E-state index >= 15 is 0 Å². The highest BCUT2D eigenvalue weighted by Crippen LogP contribution is 2.05. The number of nitro groups is 1. The number of Topliss-reactive ketones (excluding diaryl/α,β-unsaturated/α-hetero) is 1. The molecule has 15 heavy (non-hydrogen) atoms. The van der Waals surface area contributed by atoms with Crippen LogP contribution in [0, 0.1) is 10.1 Å². The molecular formula is C11H13NO3. The van der Waals surface area contributed by atoms with Gasteiger partial charge in [-0.25, -0.2) is 0 Å². The van der Waals surface area contributed by atoms with Gasteiger partial charge < -0.3 is 0 Å². The molecular weight excluding hydrogens is 194 g/mol. The summed E-state index contributed by atoms with van der Waals surface area (Å²) in [6, 6.07) is 8.39. The highest BCUT2D eigenvalue weighted by atomic mass is 16.6. The first kappa shape index (κ1) is 11.4. The van der Waals surface area contributed by atoms with Crippen LogP contribution in [0.3, 0.4) is 0 Å². The van der Waals surface area contributed by atoms with E-state index in [1.807, 2.05) is 30.3 Å². The summed E-state index contributed by atoms with van der Waals surface area (Å²) in [5.41, 5.74) is 1.03. The maximum atomic E-state index is 11.3. The molecule has 1 rings (SSSR count). The van der Waals surface area contributed by atoms with Crippen LogP contribution in [0.2, 0.25) is 0 Å². The zero-order valence-corrected chi connectivity index (χ0v) is 8.55. The second kappa shape index (κ2) is 5.24. The molecule has 0 spiro atoms. The Morgan fingerprint density at radius 1 is 1.40 bits per heavy atom. The molecule has 0 bridgehead atoms. The van der Waals surface area contributed by atoms with Crippen LogP contribution in [0.1, 0.15) is 18.9 Å². The summed E-state index contributed by atoms with van der Waals surface area (Å²) in [4.78, 5) is 21.1. The van der Waals surface area contributed by atoms with E-state index in [1.54, 1.807) is 0 Å². The van der Waals surface area contributed by atoms with Crippen molar-refractivity contribution in [3.8, 4) is 0 Å². The summed E-state index contributed by atoms with van der Waals surface area (Å²) >= 11 is 0. The van der Waals surface area contributed by atoms with E-state index in [4.69, 9.17) is 0 Å². The molecule has 0 saturated carbocycles. The Morgan fingerprint density at radius 2 is 2.00 bits per heavy atom. The minimum absolute atomic E-state index is 0.228. The maximum Gasteiger partial charge on any atom is 0.267 e. The third kappa shape index (κ3) is 3.50. The third-order valence-corrected chi connectivity index (χ3v) is 2.29. The topological polar surface area (TPSA) is 60.2 Å². The number of ketones is 1. The zero-order chi connectivity index (χ0) is 11.3. The van der Waals surface area contributed by atoms with Crippen molar-refractivity contribution in [3.63, 3.8) is 0 Å². The van der Waals surface area contributed by atoms with Crippen LogP contribution in [-0.4, -0.2) is 16.7 Å². The summed E-state index contributed by atoms with van der Waals surface area (Å²) in [6.45, 7) is 1.33. The van der Waals surface area contributed by atoms with Gasteiger partial charge in [0.25, 0.3) is 6.04 Å². The molecule has 0 heterocycles. The molecule has 80 valence electrons. The summed E-state index contributed by atoms with van der Waals surface area (Å²) in [6.07, 6.45) is 0.796. The molecule has 4 nitrogen and oxygen atoms in total. The van der Waals surface area contributed by atoms with Gasteiger partial charge >= 0.3 is 0 Å². The average Bonchev–Trinajstić information content (AvgIpc) is 2.26. The maximum absolute atomic E-state index is 11.3. The zero-order valence-electron chi connectivity index (χ0n) is 8.55. The second-order valence-corrected chi connectivity index (χ2v) is 3.41. The van der Waals surface area contributed by atoms with Crippen LogP contribution in [0.5, 0.6) is 0 Å². The van der Waals surface area contributed by atoms with Gasteiger partial charge in [-0.1, -0.05) is 30.3 Å². The quantitative estimate of drug-likeness (QED) is 0.546. The fourth-order valence-corrected chi connectivity index (χ4v) is 1.24. The molecule has 0 amide bonds. The number of hydrogen-bond donors (Lipinski definition) is 0. The van der Waals surface area contributed by atoms with Crippen LogP contribution >= 0.6 is 0 Å². The Labute approximate surface area is 88.1 Å². The number of nitrogens with zero attached hydrogens (tertiary/aromatic N) is 1. The Bertz CT molecular complexity index is 348. The summed E-state index contributed by atoms with van der Waals surface area (Å²) < 4.78 is 0. The van der Waals surface area contributed by atoms with Crippen LogP contribution < -0.4 is 0 Å². The molecule has 0 aromatic heterocycles. The standard InChI is InChI=1S/C11H13NO3/c1-9(12(14)15)11(13)8-7-10-5-3-2-4-6-10/h2-6,9H,7-8H2,1H3. The van der Waals surface area contributed by atoms with Gasteiger partial charge in [-0.05, 0) is 12.0 Å². The van der Waals surface area contributed by atoms with Crippen molar-refractivity contribution in [3.05, 3.63) is 46.0 Å². The predicted octanol–water partition coefficient (Wildman–Crippen LogP) is 1.85. The fraction of sp³-hybridized carbons (Fsp3) is 0.364. The molecule has 1 aromatic carbocycles. The first-order valence-corrected chi connectivity index (χ1v) is 4.81. The molecule has 0 N–H and O–H groups in total. The highest BCUT2D eigenvalue weighted by molar-refractivity contribution is 5.82. The lowest BCUT2D eigenvalue weighted by atomic mass is 10.0. The largest absolute Gasteiger partial charge is 0.292 e. The normalized spacial score (nSPS) is 12.1. The van der Waals surface area contributed by atoms with Gasteiger partial charge in [0.05, 0.1) is 0 Å². The second-order valence-electron chi connectivity index (χ2n) is 3.41. The number of aryl methyl sites for hydroxylation is 1. The SMILES string of the molecule is CC(C(=O)CCc1ccccc1)[N+](=O)[O-]. The molecule has 0 radical (unpaired) electrons. The molecule has 0 aliphatic carbocycles. The van der Waals surface area contributed by atoms with Crippen molar-refractivity contribution in [2.24, 2.45) is 0 Å². The van der Waals surface area contributed by atoms with Crippen molar-refractivity contribution < 1.29 is 9.72 Å². The molecule has 1 unspecified atom stereocenters. The minimum Gasteiger partial charge on any atom is -0.292 e. The van der Waals surface area contributed by atoms with Crippen LogP contribution in [0.25, 0.3) is 0 Å². The van der Waals surface area contributed by atoms with Gasteiger partial charge in [0.15, 0.2) is 0 Å². The predicted molar refractivity (Wildman–Crippen MR) is 56.2 cm³/mol. The third-order valence-electron chi connectivity index (χ3n) is 2.29. The average molecular weight is 207 g/mol. The number of benzene rings is 1. The van der Waals surface area contributed by atoms with E-state index in [2.05, 4.69) is 0 Å². The summed E-state index contributed by atoms with van der Waals surface area (Å²) in [7, 11) is 0. The van der Waals surface area contributed by atoms with Crippen molar-refractivity contribution in [1.82, 2.24) is 0 Å². The smallest absolute Gasteiger partial charge is 0.267 e. The highest BCUT2D eigenvalue weighted by Gasteiger charge is 2.22. The Morgan fingerprint density at radius 3 is 2.53 bits per heavy atom. The first-order valence-electron chi connectivity index (χ1n) is 4.81. The number of carbonyl (C=O) groups excluding carboxylic acids is 1. The van der Waals surface area contributed by atoms with Gasteiger partial charge in [0.1, 0.15) is 0 Å². The van der Waals surface area contributed by atoms with E-state index in [1.165, 1.54) is 6.92 Å². The van der Waals surface area contributed by atoms with E-state index in [0.29, 0.717) is 6.42 Å². The van der Waals surface area contributed by atoms with Crippen LogP contribution in [-0.2, 0) is 11.2 Å². The summed E-state index contributed by atoms with van der Waals surface area (Å²) in [5, 5.41) is 10.3. The van der Waals surface area contributed by atoms with Crippen molar-refractivity contribution in [2.45, 2.75) is 25.8 Å². The lowest BCUT2D eigenvalue weighted by Gasteiger charge is -2.02. The van der Waals surface area contributed by atoms with Crippen molar-refractivity contribution >= 4 is 5.78 Å². The number of hydrogen-bond acceptors (Lipinski definition) is 3. The molecule has 0 aliphatic rings. The van der Waals surface area contributed by atoms with E-state index in [0.717, 1.165) is 5.56 Å². The Kier molecular flexibility index (Phi) is 3.97.